The Morgan fingerprint density at radius 2 is 1.41 bits per heavy atom. The highest BCUT2D eigenvalue weighted by molar-refractivity contribution is 7.79. The normalized spacial score (nSPS) is 13.8. The standard InChI is InChI=1S/C19H38N2O5S.C2H6/c1-16(2,14(22)21-10-11-27(24)25)12-17(3,4)15(23)26-19(7,8)13-18(5,6)20-9;1-2/h20H,10-13H2,1-9H3,(H,21,22)(H,24,25);1-2H3. The van der Waals surface area contributed by atoms with Crippen LogP contribution < -0.4 is 10.6 Å². The van der Waals surface area contributed by atoms with Crippen LogP contribution in [0.2, 0.25) is 0 Å². The zero-order valence-electron chi connectivity index (χ0n) is 20.3. The highest BCUT2D eigenvalue weighted by Gasteiger charge is 2.42. The molecule has 1 atom stereocenters. The van der Waals surface area contributed by atoms with E-state index < -0.39 is 27.5 Å². The van der Waals surface area contributed by atoms with Crippen molar-refractivity contribution in [1.82, 2.24) is 10.6 Å². The lowest BCUT2D eigenvalue weighted by molar-refractivity contribution is -0.171. The van der Waals surface area contributed by atoms with E-state index in [0.29, 0.717) is 12.8 Å². The van der Waals surface area contributed by atoms with Gasteiger partial charge >= 0.3 is 5.97 Å². The van der Waals surface area contributed by atoms with Crippen LogP contribution in [0.15, 0.2) is 0 Å². The summed E-state index contributed by atoms with van der Waals surface area (Å²) in [5.74, 6) is -0.635. The molecule has 0 aromatic rings. The maximum Gasteiger partial charge on any atom is 0.312 e. The molecule has 29 heavy (non-hydrogen) atoms. The first-order chi connectivity index (χ1) is 12.9. The second kappa shape index (κ2) is 12.0. The van der Waals surface area contributed by atoms with Crippen molar-refractivity contribution in [3.8, 4) is 0 Å². The number of amides is 1. The summed E-state index contributed by atoms with van der Waals surface area (Å²) >= 11 is -1.95. The maximum atomic E-state index is 12.8. The van der Waals surface area contributed by atoms with Gasteiger partial charge in [-0.2, -0.15) is 0 Å². The van der Waals surface area contributed by atoms with Crippen molar-refractivity contribution in [3.63, 3.8) is 0 Å². The fourth-order valence-electron chi connectivity index (χ4n) is 3.33. The lowest BCUT2D eigenvalue weighted by Crippen LogP contribution is -2.47. The number of carbonyl (C=O) groups is 2. The quantitative estimate of drug-likeness (QED) is 0.338. The molecule has 0 aromatic carbocycles. The van der Waals surface area contributed by atoms with Gasteiger partial charge in [-0.15, -0.1) is 0 Å². The summed E-state index contributed by atoms with van der Waals surface area (Å²) < 4.78 is 25.3. The van der Waals surface area contributed by atoms with Crippen molar-refractivity contribution in [2.45, 2.75) is 93.2 Å². The fraction of sp³-hybridized carbons (Fsp3) is 0.905. The van der Waals surface area contributed by atoms with Crippen LogP contribution in [0, 0.1) is 10.8 Å². The largest absolute Gasteiger partial charge is 0.459 e. The molecule has 8 heteroatoms. The first-order valence-electron chi connectivity index (χ1n) is 10.2. The molecule has 1 amide bonds. The van der Waals surface area contributed by atoms with E-state index in [0.717, 1.165) is 0 Å². The smallest absolute Gasteiger partial charge is 0.312 e. The van der Waals surface area contributed by atoms with Crippen LogP contribution >= 0.6 is 0 Å². The van der Waals surface area contributed by atoms with Gasteiger partial charge in [-0.1, -0.05) is 27.7 Å². The van der Waals surface area contributed by atoms with Gasteiger partial charge in [-0.3, -0.25) is 9.59 Å². The van der Waals surface area contributed by atoms with Gasteiger partial charge in [-0.05, 0) is 55.0 Å². The molecular weight excluding hydrogens is 392 g/mol. The average molecular weight is 437 g/mol. The minimum Gasteiger partial charge on any atom is -0.459 e. The molecule has 0 spiro atoms. The molecule has 1 unspecified atom stereocenters. The summed E-state index contributed by atoms with van der Waals surface area (Å²) in [7, 11) is 1.87. The SMILES string of the molecule is CC.CNC(C)(C)CC(C)(C)OC(=O)C(C)(C)CC(C)(C)C(=O)NCCS(=O)O. The molecule has 0 fully saturated rings. The van der Waals surface area contributed by atoms with E-state index in [-0.39, 0.29) is 29.7 Å². The molecule has 0 aliphatic rings. The molecular formula is C21H44N2O5S. The highest BCUT2D eigenvalue weighted by Crippen LogP contribution is 2.36. The number of carbonyl (C=O) groups excluding carboxylic acids is 2. The van der Waals surface area contributed by atoms with Crippen LogP contribution in [0.4, 0.5) is 0 Å². The van der Waals surface area contributed by atoms with Gasteiger partial charge < -0.3 is 19.9 Å². The predicted octanol–water partition coefficient (Wildman–Crippen LogP) is 3.50. The average Bonchev–Trinajstić information content (AvgIpc) is 2.53. The Hall–Kier alpha value is -0.990. The molecule has 0 rings (SSSR count). The second-order valence-electron chi connectivity index (χ2n) is 9.69. The molecule has 3 N–H and O–H groups in total. The molecule has 174 valence electrons. The third-order valence-corrected chi connectivity index (χ3v) is 5.08. The van der Waals surface area contributed by atoms with Crippen molar-refractivity contribution in [3.05, 3.63) is 0 Å². The fourth-order valence-corrected chi connectivity index (χ4v) is 3.60. The van der Waals surface area contributed by atoms with Crippen molar-refractivity contribution >= 4 is 23.0 Å². The number of hydrogen-bond donors (Lipinski definition) is 3. The van der Waals surface area contributed by atoms with Gasteiger partial charge in [0.2, 0.25) is 5.91 Å². The van der Waals surface area contributed by atoms with Crippen molar-refractivity contribution in [2.24, 2.45) is 10.8 Å². The Balaban J connectivity index is 0. The van der Waals surface area contributed by atoms with Crippen LogP contribution in [0.25, 0.3) is 0 Å². The molecule has 0 heterocycles. The molecule has 0 saturated carbocycles. The summed E-state index contributed by atoms with van der Waals surface area (Å²) in [6.45, 7) is 19.0. The van der Waals surface area contributed by atoms with Gasteiger partial charge in [0, 0.05) is 23.9 Å². The van der Waals surface area contributed by atoms with E-state index in [9.17, 15) is 13.8 Å². The number of ether oxygens (including phenoxy) is 1. The van der Waals surface area contributed by atoms with Crippen molar-refractivity contribution in [1.29, 1.82) is 0 Å². The summed E-state index contributed by atoms with van der Waals surface area (Å²) in [6, 6.07) is 0. The van der Waals surface area contributed by atoms with Crippen molar-refractivity contribution in [2.75, 3.05) is 19.3 Å². The zero-order valence-corrected chi connectivity index (χ0v) is 21.1. The topological polar surface area (TPSA) is 105 Å². The summed E-state index contributed by atoms with van der Waals surface area (Å²) in [4.78, 5) is 25.2. The minimum atomic E-state index is -1.95. The zero-order chi connectivity index (χ0) is 23.7. The third kappa shape index (κ3) is 12.3. The number of rotatable bonds is 11. The summed E-state index contributed by atoms with van der Waals surface area (Å²) in [6.07, 6.45) is 0.929. The van der Waals surface area contributed by atoms with Crippen LogP contribution in [0.3, 0.4) is 0 Å². The van der Waals surface area contributed by atoms with Crippen LogP contribution in [0.1, 0.15) is 82.1 Å². The third-order valence-electron chi connectivity index (χ3n) is 4.53. The summed E-state index contributed by atoms with van der Waals surface area (Å²) in [5.41, 5.74) is -2.52. The van der Waals surface area contributed by atoms with Gasteiger partial charge in [0.25, 0.3) is 0 Å². The van der Waals surface area contributed by atoms with Gasteiger partial charge in [0.15, 0.2) is 11.1 Å². The number of esters is 1. The van der Waals surface area contributed by atoms with E-state index in [1.165, 1.54) is 0 Å². The first kappa shape index (κ1) is 30.2. The van der Waals surface area contributed by atoms with Gasteiger partial charge in [0.05, 0.1) is 11.2 Å². The van der Waals surface area contributed by atoms with E-state index in [1.807, 2.05) is 48.6 Å². The minimum absolute atomic E-state index is 0.0251. The Kier molecular flexibility index (Phi) is 12.5. The lowest BCUT2D eigenvalue weighted by atomic mass is 9.74. The van der Waals surface area contributed by atoms with E-state index in [1.54, 1.807) is 27.7 Å². The monoisotopic (exact) mass is 436 g/mol. The van der Waals surface area contributed by atoms with E-state index in [2.05, 4.69) is 10.6 Å². The van der Waals surface area contributed by atoms with Crippen LogP contribution in [0.5, 0.6) is 0 Å². The predicted molar refractivity (Wildman–Crippen MR) is 120 cm³/mol. The Bertz CT molecular complexity index is 557. The molecule has 0 bridgehead atoms. The Morgan fingerprint density at radius 1 is 0.931 bits per heavy atom. The van der Waals surface area contributed by atoms with Crippen LogP contribution in [-0.4, -0.2) is 51.1 Å². The highest BCUT2D eigenvalue weighted by atomic mass is 32.2. The molecule has 0 saturated heterocycles. The Morgan fingerprint density at radius 3 is 1.83 bits per heavy atom. The van der Waals surface area contributed by atoms with Crippen molar-refractivity contribution < 1.29 is 23.1 Å². The van der Waals surface area contributed by atoms with E-state index in [4.69, 9.17) is 9.29 Å². The maximum absolute atomic E-state index is 12.8. The lowest BCUT2D eigenvalue weighted by Gasteiger charge is -2.38. The molecule has 0 aromatic heterocycles. The Labute approximate surface area is 180 Å². The van der Waals surface area contributed by atoms with Crippen LogP contribution in [-0.2, 0) is 25.4 Å². The van der Waals surface area contributed by atoms with E-state index >= 15 is 0 Å². The second-order valence-corrected chi connectivity index (χ2v) is 10.7. The summed E-state index contributed by atoms with van der Waals surface area (Å²) in [5, 5.41) is 5.86. The first-order valence-corrected chi connectivity index (χ1v) is 11.5. The number of hydrogen-bond acceptors (Lipinski definition) is 5. The van der Waals surface area contributed by atoms with Gasteiger partial charge in [0.1, 0.15) is 5.60 Å². The molecule has 0 aliphatic heterocycles. The number of nitrogens with one attached hydrogen (secondary N) is 2. The molecule has 0 aliphatic carbocycles. The van der Waals surface area contributed by atoms with Gasteiger partial charge in [-0.25, -0.2) is 4.21 Å². The molecule has 0 radical (unpaired) electrons. The molecule has 7 nitrogen and oxygen atoms in total.